The second-order valence-electron chi connectivity index (χ2n) is 2.64. The van der Waals surface area contributed by atoms with Crippen molar-refractivity contribution in [2.75, 3.05) is 11.5 Å². The van der Waals surface area contributed by atoms with Gasteiger partial charge in [-0.05, 0) is 25.4 Å². The van der Waals surface area contributed by atoms with Crippen molar-refractivity contribution in [1.29, 1.82) is 0 Å². The van der Waals surface area contributed by atoms with Gasteiger partial charge in [-0.3, -0.25) is 0 Å². The van der Waals surface area contributed by atoms with Crippen LogP contribution in [0.1, 0.15) is 27.7 Å². The van der Waals surface area contributed by atoms with Gasteiger partial charge in [0.05, 0.1) is 0 Å². The molecule has 0 aliphatic carbocycles. The first kappa shape index (κ1) is 14.2. The van der Waals surface area contributed by atoms with Crippen LogP contribution >= 0.6 is 46.7 Å². The molecule has 0 aliphatic heterocycles. The molecule has 0 spiro atoms. The lowest BCUT2D eigenvalue weighted by Crippen LogP contribution is -2.28. The predicted octanol–water partition coefficient (Wildman–Crippen LogP) is 4.33. The van der Waals surface area contributed by atoms with Crippen LogP contribution in [0.2, 0.25) is 0 Å². The van der Waals surface area contributed by atoms with Crippen molar-refractivity contribution in [2.24, 2.45) is 0 Å². The highest BCUT2D eigenvalue weighted by Gasteiger charge is 2.33. The van der Waals surface area contributed by atoms with E-state index in [0.29, 0.717) is 0 Å². The molecule has 0 N–H and O–H groups in total. The molecule has 5 heteroatoms. The van der Waals surface area contributed by atoms with E-state index in [4.69, 9.17) is 27.9 Å². The maximum atomic E-state index is 6.10. The largest absolute Gasteiger partial charge is 0.320 e. The molecule has 0 amide bonds. The van der Waals surface area contributed by atoms with Crippen LogP contribution in [0.5, 0.6) is 0 Å². The number of alkyl halides is 2. The molecule has 1 nitrogen and oxygen atoms in total. The van der Waals surface area contributed by atoms with Crippen molar-refractivity contribution in [3.8, 4) is 0 Å². The quantitative estimate of drug-likeness (QED) is 0.521. The molecule has 0 saturated carbocycles. The number of ether oxygens (including phenoxy) is 1. The van der Waals surface area contributed by atoms with Crippen molar-refractivity contribution in [1.82, 2.24) is 0 Å². The Hall–Kier alpha value is 1.24. The molecule has 0 aromatic carbocycles. The lowest BCUT2D eigenvalue weighted by molar-refractivity contribution is 0.0600. The molecule has 0 aromatic rings. The van der Waals surface area contributed by atoms with Crippen molar-refractivity contribution in [3.63, 3.8) is 0 Å². The lowest BCUT2D eigenvalue weighted by Gasteiger charge is -2.30. The molecule has 0 rings (SSSR count). The maximum absolute atomic E-state index is 6.10. The molecule has 0 radical (unpaired) electrons. The van der Waals surface area contributed by atoms with Crippen molar-refractivity contribution in [2.45, 2.75) is 36.5 Å². The fourth-order valence-electron chi connectivity index (χ4n) is 0.900. The fraction of sp³-hybridized carbons (Fsp3) is 1.00. The molecular formula is C8H16Cl2OS2. The zero-order valence-corrected chi connectivity index (χ0v) is 11.5. The van der Waals surface area contributed by atoms with Gasteiger partial charge in [0.25, 0.3) is 0 Å². The first-order chi connectivity index (χ1) is 5.83. The standard InChI is InChI=1S/C8H16Cl2OS2/c1-5-12-7(3,9)11-8(4,10)13-6-2/h5-6H2,1-4H3. The van der Waals surface area contributed by atoms with Gasteiger partial charge in [-0.15, -0.1) is 23.5 Å². The summed E-state index contributed by atoms with van der Waals surface area (Å²) >= 11 is 15.3. The first-order valence-corrected chi connectivity index (χ1v) is 6.91. The van der Waals surface area contributed by atoms with Crippen LogP contribution in [0, 0.1) is 0 Å². The Balaban J connectivity index is 4.07. The second kappa shape index (κ2) is 5.96. The summed E-state index contributed by atoms with van der Waals surface area (Å²) in [5.74, 6) is 1.81. The molecular weight excluding hydrogens is 247 g/mol. The third kappa shape index (κ3) is 7.20. The summed E-state index contributed by atoms with van der Waals surface area (Å²) in [5.41, 5.74) is 0. The van der Waals surface area contributed by atoms with E-state index in [2.05, 4.69) is 0 Å². The Morgan fingerprint density at radius 3 is 1.54 bits per heavy atom. The van der Waals surface area contributed by atoms with E-state index in [1.807, 2.05) is 27.7 Å². The topological polar surface area (TPSA) is 9.23 Å². The van der Waals surface area contributed by atoms with Gasteiger partial charge in [0.15, 0.2) is 8.78 Å². The van der Waals surface area contributed by atoms with Crippen LogP contribution in [-0.4, -0.2) is 20.3 Å². The van der Waals surface area contributed by atoms with E-state index in [9.17, 15) is 0 Å². The first-order valence-electron chi connectivity index (χ1n) is 4.19. The van der Waals surface area contributed by atoms with E-state index >= 15 is 0 Å². The molecule has 0 saturated heterocycles. The highest BCUT2D eigenvalue weighted by molar-refractivity contribution is 8.02. The SMILES string of the molecule is CCSC(C)(Cl)OC(C)(Cl)SCC. The van der Waals surface area contributed by atoms with E-state index in [-0.39, 0.29) is 0 Å². The second-order valence-corrected chi connectivity index (χ2v) is 7.82. The van der Waals surface area contributed by atoms with Crippen molar-refractivity contribution in [3.05, 3.63) is 0 Å². The highest BCUT2D eigenvalue weighted by Crippen LogP contribution is 2.41. The van der Waals surface area contributed by atoms with E-state index in [0.717, 1.165) is 11.5 Å². The van der Waals surface area contributed by atoms with E-state index in [1.165, 1.54) is 23.5 Å². The number of thioether (sulfide) groups is 2. The highest BCUT2D eigenvalue weighted by atomic mass is 35.5. The minimum atomic E-state index is -0.729. The summed E-state index contributed by atoms with van der Waals surface area (Å²) < 4.78 is 4.11. The lowest BCUT2D eigenvalue weighted by atomic mass is 10.7. The average molecular weight is 263 g/mol. The monoisotopic (exact) mass is 262 g/mol. The number of halogens is 2. The number of hydrogen-bond donors (Lipinski definition) is 0. The van der Waals surface area contributed by atoms with Gasteiger partial charge in [-0.2, -0.15) is 0 Å². The van der Waals surface area contributed by atoms with Crippen LogP contribution in [0.15, 0.2) is 0 Å². The van der Waals surface area contributed by atoms with Gasteiger partial charge in [0.1, 0.15) is 0 Å². The van der Waals surface area contributed by atoms with Crippen molar-refractivity contribution >= 4 is 46.7 Å². The molecule has 2 unspecified atom stereocenters. The van der Waals surface area contributed by atoms with Gasteiger partial charge < -0.3 is 4.74 Å². The molecule has 13 heavy (non-hydrogen) atoms. The Kier molecular flexibility index (Phi) is 6.53. The Labute approximate surface area is 99.3 Å². The van der Waals surface area contributed by atoms with Crippen LogP contribution in [0.3, 0.4) is 0 Å². The van der Waals surface area contributed by atoms with E-state index in [1.54, 1.807) is 0 Å². The minimum Gasteiger partial charge on any atom is -0.320 e. The maximum Gasteiger partial charge on any atom is 0.189 e. The summed E-state index contributed by atoms with van der Waals surface area (Å²) in [6, 6.07) is 0. The van der Waals surface area contributed by atoms with Crippen LogP contribution in [0.25, 0.3) is 0 Å². The van der Waals surface area contributed by atoms with Gasteiger partial charge in [0, 0.05) is 0 Å². The van der Waals surface area contributed by atoms with Gasteiger partial charge in [0.2, 0.25) is 0 Å². The van der Waals surface area contributed by atoms with Crippen LogP contribution < -0.4 is 0 Å². The molecule has 0 heterocycles. The van der Waals surface area contributed by atoms with Gasteiger partial charge in [-0.25, -0.2) is 0 Å². The molecule has 80 valence electrons. The van der Waals surface area contributed by atoms with Crippen LogP contribution in [0.4, 0.5) is 0 Å². The molecule has 0 bridgehead atoms. The fourth-order valence-corrected chi connectivity index (χ4v) is 3.53. The van der Waals surface area contributed by atoms with Gasteiger partial charge >= 0.3 is 0 Å². The number of hydrogen-bond acceptors (Lipinski definition) is 3. The normalized spacial score (nSPS) is 20.8. The zero-order chi connectivity index (χ0) is 10.5. The average Bonchev–Trinajstić information content (AvgIpc) is 1.82. The number of rotatable bonds is 6. The smallest absolute Gasteiger partial charge is 0.189 e. The van der Waals surface area contributed by atoms with Gasteiger partial charge in [-0.1, -0.05) is 37.0 Å². The molecule has 0 aromatic heterocycles. The molecule has 0 fully saturated rings. The van der Waals surface area contributed by atoms with E-state index < -0.39 is 8.78 Å². The summed E-state index contributed by atoms with van der Waals surface area (Å²) in [4.78, 5) is 0. The summed E-state index contributed by atoms with van der Waals surface area (Å²) in [5, 5.41) is 0. The third-order valence-electron chi connectivity index (χ3n) is 1.17. The Morgan fingerprint density at radius 2 is 1.31 bits per heavy atom. The molecule has 2 atom stereocenters. The van der Waals surface area contributed by atoms with Crippen molar-refractivity contribution < 1.29 is 4.74 Å². The predicted molar refractivity (Wildman–Crippen MR) is 65.9 cm³/mol. The third-order valence-corrected chi connectivity index (χ3v) is 3.75. The molecule has 0 aliphatic rings. The summed E-state index contributed by atoms with van der Waals surface area (Å²) in [6.07, 6.45) is 0. The summed E-state index contributed by atoms with van der Waals surface area (Å²) in [6.45, 7) is 7.71. The zero-order valence-electron chi connectivity index (χ0n) is 8.39. The summed E-state index contributed by atoms with van der Waals surface area (Å²) in [7, 11) is 0. The minimum absolute atomic E-state index is 0.729. The Morgan fingerprint density at radius 1 is 1.00 bits per heavy atom. The van der Waals surface area contributed by atoms with Crippen LogP contribution in [-0.2, 0) is 4.74 Å². The Bertz CT molecular complexity index is 135.